The van der Waals surface area contributed by atoms with Gasteiger partial charge in [0.2, 0.25) is 10.0 Å². The largest absolute Gasteiger partial charge is 0.243 e. The predicted molar refractivity (Wildman–Crippen MR) is 75.3 cm³/mol. The zero-order valence-corrected chi connectivity index (χ0v) is 12.3. The van der Waals surface area contributed by atoms with E-state index in [1.807, 2.05) is 0 Å². The topological polar surface area (TPSA) is 37.4 Å². The molecule has 0 aromatic heterocycles. The maximum absolute atomic E-state index is 13.0. The minimum atomic E-state index is -3.48. The Morgan fingerprint density at radius 1 is 1.00 bits per heavy atom. The summed E-state index contributed by atoms with van der Waals surface area (Å²) in [4.78, 5) is 0.213. The van der Waals surface area contributed by atoms with Crippen molar-refractivity contribution in [3.63, 3.8) is 0 Å². The van der Waals surface area contributed by atoms with E-state index < -0.39 is 15.8 Å². The van der Waals surface area contributed by atoms with Gasteiger partial charge in [0, 0.05) is 12.6 Å². The summed E-state index contributed by atoms with van der Waals surface area (Å²) in [7, 11) is -3.48. The third-order valence-electron chi connectivity index (χ3n) is 4.61. The third kappa shape index (κ3) is 2.49. The summed E-state index contributed by atoms with van der Waals surface area (Å²) in [6.07, 6.45) is 6.50. The fraction of sp³-hybridized carbons (Fsp3) is 0.600. The molecular weight excluding hydrogens is 277 g/mol. The number of fused-ring (bicyclic) bond motifs is 1. The molecule has 1 saturated carbocycles. The first-order chi connectivity index (χ1) is 9.59. The average molecular weight is 297 g/mol. The first kappa shape index (κ1) is 14.0. The van der Waals surface area contributed by atoms with Gasteiger partial charge in [-0.2, -0.15) is 4.31 Å². The van der Waals surface area contributed by atoms with E-state index in [-0.39, 0.29) is 10.9 Å². The number of sulfonamides is 1. The summed E-state index contributed by atoms with van der Waals surface area (Å²) in [5.41, 5.74) is 0. The van der Waals surface area contributed by atoms with Crippen molar-refractivity contribution in [2.24, 2.45) is 5.92 Å². The first-order valence-electron chi connectivity index (χ1n) is 7.36. The maximum atomic E-state index is 13.0. The molecule has 0 spiro atoms. The van der Waals surface area contributed by atoms with Crippen molar-refractivity contribution in [2.75, 3.05) is 6.54 Å². The SMILES string of the molecule is O=S(=O)(c1ccc(F)cc1)N1CCCC2CCCCC21. The van der Waals surface area contributed by atoms with Gasteiger partial charge >= 0.3 is 0 Å². The molecule has 20 heavy (non-hydrogen) atoms. The lowest BCUT2D eigenvalue weighted by molar-refractivity contribution is 0.129. The molecule has 0 N–H and O–H groups in total. The molecule has 0 radical (unpaired) electrons. The Hall–Kier alpha value is -0.940. The second kappa shape index (κ2) is 5.45. The van der Waals surface area contributed by atoms with Crippen molar-refractivity contribution in [1.29, 1.82) is 0 Å². The van der Waals surface area contributed by atoms with E-state index in [1.54, 1.807) is 4.31 Å². The van der Waals surface area contributed by atoms with E-state index in [9.17, 15) is 12.8 Å². The minimum Gasteiger partial charge on any atom is -0.207 e. The number of rotatable bonds is 2. The molecule has 2 unspecified atom stereocenters. The second-order valence-electron chi connectivity index (χ2n) is 5.82. The quantitative estimate of drug-likeness (QED) is 0.841. The van der Waals surface area contributed by atoms with Gasteiger partial charge in [-0.25, -0.2) is 12.8 Å². The lowest BCUT2D eigenvalue weighted by atomic mass is 9.79. The van der Waals surface area contributed by atoms with Gasteiger partial charge in [0.1, 0.15) is 5.82 Å². The molecule has 1 aliphatic carbocycles. The molecule has 1 aromatic rings. The normalized spacial score (nSPS) is 28.1. The number of halogens is 1. The molecule has 2 atom stereocenters. The number of hydrogen-bond acceptors (Lipinski definition) is 2. The van der Waals surface area contributed by atoms with Crippen LogP contribution in [0.25, 0.3) is 0 Å². The van der Waals surface area contributed by atoms with Crippen LogP contribution >= 0.6 is 0 Å². The fourth-order valence-corrected chi connectivity index (χ4v) is 5.37. The summed E-state index contributed by atoms with van der Waals surface area (Å²) in [6.45, 7) is 0.598. The highest BCUT2D eigenvalue weighted by Gasteiger charge is 2.39. The molecule has 0 bridgehead atoms. The van der Waals surface area contributed by atoms with Crippen LogP contribution < -0.4 is 0 Å². The molecular formula is C15H20FNO2S. The van der Waals surface area contributed by atoms with Gasteiger partial charge in [-0.3, -0.25) is 0 Å². The maximum Gasteiger partial charge on any atom is 0.243 e. The van der Waals surface area contributed by atoms with Gasteiger partial charge in [-0.05, 0) is 55.9 Å². The Bertz CT molecular complexity index is 568. The highest BCUT2D eigenvalue weighted by molar-refractivity contribution is 7.89. The molecule has 1 heterocycles. The molecule has 1 aliphatic heterocycles. The van der Waals surface area contributed by atoms with E-state index in [0.29, 0.717) is 12.5 Å². The van der Waals surface area contributed by atoms with Crippen molar-refractivity contribution in [3.05, 3.63) is 30.1 Å². The summed E-state index contributed by atoms with van der Waals surface area (Å²) in [5, 5.41) is 0. The Kier molecular flexibility index (Phi) is 3.82. The number of benzene rings is 1. The molecule has 1 saturated heterocycles. The van der Waals surface area contributed by atoms with E-state index >= 15 is 0 Å². The van der Waals surface area contributed by atoms with Gasteiger partial charge in [-0.1, -0.05) is 12.8 Å². The Morgan fingerprint density at radius 3 is 2.40 bits per heavy atom. The lowest BCUT2D eigenvalue weighted by Crippen LogP contribution is -2.49. The van der Waals surface area contributed by atoms with Crippen LogP contribution in [-0.2, 0) is 10.0 Å². The lowest BCUT2D eigenvalue weighted by Gasteiger charge is -2.43. The molecule has 3 rings (SSSR count). The monoisotopic (exact) mass is 297 g/mol. The molecule has 2 fully saturated rings. The smallest absolute Gasteiger partial charge is 0.207 e. The molecule has 2 aliphatic rings. The van der Waals surface area contributed by atoms with Gasteiger partial charge in [-0.15, -0.1) is 0 Å². The van der Waals surface area contributed by atoms with Crippen LogP contribution in [0.15, 0.2) is 29.2 Å². The highest BCUT2D eigenvalue weighted by atomic mass is 32.2. The Morgan fingerprint density at radius 2 is 1.65 bits per heavy atom. The van der Waals surface area contributed by atoms with Gasteiger partial charge in [0.25, 0.3) is 0 Å². The van der Waals surface area contributed by atoms with Crippen molar-refractivity contribution in [1.82, 2.24) is 4.31 Å². The van der Waals surface area contributed by atoms with Crippen LogP contribution in [0, 0.1) is 11.7 Å². The Labute approximate surface area is 119 Å². The number of hydrogen-bond donors (Lipinski definition) is 0. The predicted octanol–water partition coefficient (Wildman–Crippen LogP) is 3.17. The average Bonchev–Trinajstić information content (AvgIpc) is 2.47. The number of nitrogens with zero attached hydrogens (tertiary/aromatic N) is 1. The van der Waals surface area contributed by atoms with E-state index in [2.05, 4.69) is 0 Å². The summed E-state index contributed by atoms with van der Waals surface area (Å²) >= 11 is 0. The van der Waals surface area contributed by atoms with E-state index in [0.717, 1.165) is 32.1 Å². The van der Waals surface area contributed by atoms with E-state index in [1.165, 1.54) is 30.7 Å². The van der Waals surface area contributed by atoms with Crippen molar-refractivity contribution >= 4 is 10.0 Å². The first-order valence-corrected chi connectivity index (χ1v) is 8.80. The van der Waals surface area contributed by atoms with Gasteiger partial charge < -0.3 is 0 Å². The van der Waals surface area contributed by atoms with Gasteiger partial charge in [0.05, 0.1) is 4.90 Å². The highest BCUT2D eigenvalue weighted by Crippen LogP contribution is 2.37. The third-order valence-corrected chi connectivity index (χ3v) is 6.55. The second-order valence-corrected chi connectivity index (χ2v) is 7.71. The molecule has 0 amide bonds. The van der Waals surface area contributed by atoms with Crippen LogP contribution in [0.3, 0.4) is 0 Å². The molecule has 1 aromatic carbocycles. The van der Waals surface area contributed by atoms with Crippen LogP contribution in [0.5, 0.6) is 0 Å². The van der Waals surface area contributed by atoms with E-state index in [4.69, 9.17) is 0 Å². The fourth-order valence-electron chi connectivity index (χ4n) is 3.62. The van der Waals surface area contributed by atoms with Crippen LogP contribution in [0.1, 0.15) is 38.5 Å². The van der Waals surface area contributed by atoms with Crippen molar-refractivity contribution < 1.29 is 12.8 Å². The molecule has 110 valence electrons. The standard InChI is InChI=1S/C15H20FNO2S/c16-13-7-9-14(10-8-13)20(18,19)17-11-3-5-12-4-1-2-6-15(12)17/h7-10,12,15H,1-6,11H2. The van der Waals surface area contributed by atoms with Crippen LogP contribution in [-0.4, -0.2) is 25.3 Å². The van der Waals surface area contributed by atoms with Crippen molar-refractivity contribution in [3.8, 4) is 0 Å². The summed E-state index contributed by atoms with van der Waals surface area (Å²) in [6, 6.07) is 5.33. The van der Waals surface area contributed by atoms with Crippen LogP contribution in [0.2, 0.25) is 0 Å². The zero-order valence-electron chi connectivity index (χ0n) is 11.5. The Balaban J connectivity index is 1.91. The van der Waals surface area contributed by atoms with Crippen molar-refractivity contribution in [2.45, 2.75) is 49.5 Å². The number of piperidine rings is 1. The minimum absolute atomic E-state index is 0.146. The molecule has 3 nitrogen and oxygen atoms in total. The molecule has 5 heteroatoms. The zero-order chi connectivity index (χ0) is 14.2. The summed E-state index contributed by atoms with van der Waals surface area (Å²) in [5.74, 6) is 0.103. The summed E-state index contributed by atoms with van der Waals surface area (Å²) < 4.78 is 40.2. The van der Waals surface area contributed by atoms with Gasteiger partial charge in [0.15, 0.2) is 0 Å². The van der Waals surface area contributed by atoms with Crippen LogP contribution in [0.4, 0.5) is 4.39 Å².